The molecule has 0 atom stereocenters. The molecule has 1 saturated heterocycles. The van der Waals surface area contributed by atoms with E-state index in [1.807, 2.05) is 39.9 Å². The Hall–Kier alpha value is -3.56. The van der Waals surface area contributed by atoms with Gasteiger partial charge in [-0.2, -0.15) is 0 Å². The lowest BCUT2D eigenvalue weighted by atomic mass is 9.52. The molecule has 8 nitrogen and oxygen atoms in total. The molecule has 5 heterocycles. The van der Waals surface area contributed by atoms with Crippen LogP contribution >= 0.6 is 0 Å². The van der Waals surface area contributed by atoms with Crippen molar-refractivity contribution < 1.29 is 13.6 Å². The first-order chi connectivity index (χ1) is 16.9. The molecule has 1 N–H and O–H groups in total. The molecule has 0 bridgehead atoms. The smallest absolute Gasteiger partial charge is 0.272 e. The number of rotatable bonds is 4. The Balaban J connectivity index is 1.13. The zero-order chi connectivity index (χ0) is 23.8. The van der Waals surface area contributed by atoms with Gasteiger partial charge in [-0.25, -0.2) is 23.3 Å². The van der Waals surface area contributed by atoms with Gasteiger partial charge in [0.25, 0.3) is 5.91 Å². The lowest BCUT2D eigenvalue weighted by Gasteiger charge is -2.57. The molecule has 1 aliphatic heterocycles. The molecule has 4 aromatic heterocycles. The van der Waals surface area contributed by atoms with Crippen molar-refractivity contribution in [3.05, 3.63) is 48.7 Å². The first-order valence-electron chi connectivity index (χ1n) is 12.1. The monoisotopic (exact) mass is 477 g/mol. The molecule has 0 unspecified atom stereocenters. The number of carbonyl (C=O) groups is 1. The van der Waals surface area contributed by atoms with Gasteiger partial charge in [0, 0.05) is 55.5 Å². The lowest BCUT2D eigenvalue weighted by molar-refractivity contribution is -0.193. The summed E-state index contributed by atoms with van der Waals surface area (Å²) in [6, 6.07) is 6.00. The third-order valence-electron chi connectivity index (χ3n) is 7.81. The Bertz CT molecular complexity index is 1450. The Kier molecular flexibility index (Phi) is 4.29. The van der Waals surface area contributed by atoms with Gasteiger partial charge in [-0.3, -0.25) is 9.20 Å². The summed E-state index contributed by atoms with van der Waals surface area (Å²) in [4.78, 5) is 23.8. The number of hydrogen-bond donors (Lipinski definition) is 1. The maximum Gasteiger partial charge on any atom is 0.272 e. The highest BCUT2D eigenvalue weighted by Crippen LogP contribution is 2.62. The van der Waals surface area contributed by atoms with Gasteiger partial charge in [-0.1, -0.05) is 0 Å². The highest BCUT2D eigenvalue weighted by molar-refractivity contribution is 5.93. The number of fused-ring (bicyclic) bond motifs is 2. The first-order valence-corrected chi connectivity index (χ1v) is 12.1. The Morgan fingerprint density at radius 3 is 2.63 bits per heavy atom. The van der Waals surface area contributed by atoms with Gasteiger partial charge in [-0.05, 0) is 49.3 Å². The summed E-state index contributed by atoms with van der Waals surface area (Å²) in [5.41, 5.74) is 3.83. The Labute approximate surface area is 200 Å². The van der Waals surface area contributed by atoms with Crippen LogP contribution < -0.4 is 5.32 Å². The van der Waals surface area contributed by atoms with Crippen LogP contribution in [0.3, 0.4) is 0 Å². The van der Waals surface area contributed by atoms with Crippen LogP contribution in [0.1, 0.15) is 49.0 Å². The van der Waals surface area contributed by atoms with E-state index in [4.69, 9.17) is 0 Å². The van der Waals surface area contributed by atoms with Crippen molar-refractivity contribution in [3.63, 3.8) is 0 Å². The number of imidazole rings is 1. The Morgan fingerprint density at radius 1 is 1.06 bits per heavy atom. The molecule has 2 saturated carbocycles. The fourth-order valence-electron chi connectivity index (χ4n) is 6.20. The fraction of sp³-hybridized carbons (Fsp3) is 0.440. The second kappa shape index (κ2) is 7.22. The van der Waals surface area contributed by atoms with Crippen molar-refractivity contribution in [2.75, 3.05) is 18.4 Å². The average Bonchev–Trinajstić information content (AvgIpc) is 3.54. The van der Waals surface area contributed by atoms with Gasteiger partial charge in [-0.15, -0.1) is 5.10 Å². The Morgan fingerprint density at radius 2 is 1.86 bits per heavy atom. The second-order valence-corrected chi connectivity index (χ2v) is 10.4. The standard InChI is InChI=1S/C25H25F2N7O/c26-25(27)14-24(15-25)9-17(10-24)30-23-29-11-19-18(5-8-34(19)31-23)16-3-4-21-28-12-20(33(21)13-16)22(35)32-6-1-2-7-32/h3-5,8,11-13,17H,1-2,6-7,9-10,14-15H2,(H,30,31). The predicted octanol–water partition coefficient (Wildman–Crippen LogP) is 4.27. The quantitative estimate of drug-likeness (QED) is 0.475. The van der Waals surface area contributed by atoms with E-state index in [0.29, 0.717) is 11.6 Å². The van der Waals surface area contributed by atoms with Crippen molar-refractivity contribution in [1.82, 2.24) is 28.9 Å². The summed E-state index contributed by atoms with van der Waals surface area (Å²) in [6.45, 7) is 1.58. The molecule has 4 aromatic rings. The lowest BCUT2D eigenvalue weighted by Crippen LogP contribution is -2.57. The summed E-state index contributed by atoms with van der Waals surface area (Å²) in [7, 11) is 0. The van der Waals surface area contributed by atoms with Crippen LogP contribution in [0.15, 0.2) is 43.0 Å². The van der Waals surface area contributed by atoms with Crippen LogP contribution in [0.4, 0.5) is 14.7 Å². The normalized spacial score (nSPS) is 20.9. The number of nitrogens with zero attached hydrogens (tertiary/aromatic N) is 6. The number of aromatic nitrogens is 5. The summed E-state index contributed by atoms with van der Waals surface area (Å²) in [5.74, 6) is -1.98. The molecule has 35 heavy (non-hydrogen) atoms. The summed E-state index contributed by atoms with van der Waals surface area (Å²) < 4.78 is 30.1. The number of halogens is 2. The van der Waals surface area contributed by atoms with E-state index in [0.717, 1.165) is 61.1 Å². The number of alkyl halides is 2. The number of likely N-dealkylation sites (tertiary alicyclic amines) is 1. The number of hydrogen-bond acceptors (Lipinski definition) is 5. The van der Waals surface area contributed by atoms with E-state index in [1.165, 1.54) is 0 Å². The molecule has 3 fully saturated rings. The average molecular weight is 478 g/mol. The van der Waals surface area contributed by atoms with Crippen LogP contribution in [0.25, 0.3) is 22.3 Å². The van der Waals surface area contributed by atoms with E-state index in [1.54, 1.807) is 16.9 Å². The minimum absolute atomic E-state index is 0.00559. The molecule has 180 valence electrons. The number of carbonyl (C=O) groups excluding carboxylic acids is 1. The highest BCUT2D eigenvalue weighted by Gasteiger charge is 2.61. The van der Waals surface area contributed by atoms with Gasteiger partial charge in [0.2, 0.25) is 11.9 Å². The van der Waals surface area contributed by atoms with E-state index in [-0.39, 0.29) is 30.2 Å². The van der Waals surface area contributed by atoms with Crippen LogP contribution in [-0.4, -0.2) is 59.8 Å². The van der Waals surface area contributed by atoms with Gasteiger partial charge >= 0.3 is 0 Å². The number of nitrogens with one attached hydrogen (secondary N) is 1. The maximum atomic E-state index is 13.3. The minimum Gasteiger partial charge on any atom is -0.350 e. The first kappa shape index (κ1) is 20.8. The number of anilines is 1. The van der Waals surface area contributed by atoms with Crippen LogP contribution in [0.5, 0.6) is 0 Å². The van der Waals surface area contributed by atoms with Crippen molar-refractivity contribution in [2.45, 2.75) is 50.5 Å². The third-order valence-corrected chi connectivity index (χ3v) is 7.81. The molecular weight excluding hydrogens is 452 g/mol. The van der Waals surface area contributed by atoms with E-state index < -0.39 is 5.92 Å². The van der Waals surface area contributed by atoms with E-state index in [9.17, 15) is 13.6 Å². The van der Waals surface area contributed by atoms with Crippen molar-refractivity contribution in [3.8, 4) is 11.1 Å². The zero-order valence-electron chi connectivity index (χ0n) is 19.1. The van der Waals surface area contributed by atoms with Gasteiger partial charge < -0.3 is 10.2 Å². The summed E-state index contributed by atoms with van der Waals surface area (Å²) >= 11 is 0. The van der Waals surface area contributed by atoms with Crippen molar-refractivity contribution >= 4 is 23.0 Å². The largest absolute Gasteiger partial charge is 0.350 e. The predicted molar refractivity (Wildman–Crippen MR) is 126 cm³/mol. The number of amides is 1. The fourth-order valence-corrected chi connectivity index (χ4v) is 6.20. The SMILES string of the molecule is O=C(c1cnc2ccc(-c3ccn4nc(NC5CC6(C5)CC(F)(F)C6)ncc34)cn12)N1CCCC1. The van der Waals surface area contributed by atoms with Gasteiger partial charge in [0.15, 0.2) is 0 Å². The van der Waals surface area contributed by atoms with Gasteiger partial charge in [0.05, 0.1) is 17.9 Å². The molecule has 10 heteroatoms. The van der Waals surface area contributed by atoms with Crippen molar-refractivity contribution in [1.29, 1.82) is 0 Å². The van der Waals surface area contributed by atoms with E-state index in [2.05, 4.69) is 20.4 Å². The topological polar surface area (TPSA) is 79.8 Å². The van der Waals surface area contributed by atoms with Gasteiger partial charge in [0.1, 0.15) is 11.3 Å². The molecule has 2 aliphatic carbocycles. The van der Waals surface area contributed by atoms with E-state index >= 15 is 0 Å². The van der Waals surface area contributed by atoms with Crippen LogP contribution in [-0.2, 0) is 0 Å². The molecule has 0 aromatic carbocycles. The number of pyridine rings is 1. The molecular formula is C25H25F2N7O. The second-order valence-electron chi connectivity index (χ2n) is 10.4. The summed E-state index contributed by atoms with van der Waals surface area (Å²) in [5, 5.41) is 7.88. The third kappa shape index (κ3) is 3.37. The minimum atomic E-state index is -2.48. The van der Waals surface area contributed by atoms with Crippen LogP contribution in [0, 0.1) is 5.41 Å². The zero-order valence-corrected chi connectivity index (χ0v) is 19.1. The molecule has 0 radical (unpaired) electrons. The molecule has 1 amide bonds. The van der Waals surface area contributed by atoms with Crippen molar-refractivity contribution in [2.24, 2.45) is 5.41 Å². The summed E-state index contributed by atoms with van der Waals surface area (Å²) in [6.07, 6.45) is 10.8. The maximum absolute atomic E-state index is 13.3. The molecule has 7 rings (SSSR count). The molecule has 3 aliphatic rings. The molecule has 1 spiro atoms. The highest BCUT2D eigenvalue weighted by atomic mass is 19.3. The van der Waals surface area contributed by atoms with Crippen LogP contribution in [0.2, 0.25) is 0 Å².